The van der Waals surface area contributed by atoms with E-state index in [0.29, 0.717) is 17.8 Å². The summed E-state index contributed by atoms with van der Waals surface area (Å²) in [7, 11) is 0. The summed E-state index contributed by atoms with van der Waals surface area (Å²) >= 11 is 0. The largest absolute Gasteiger partial charge is 0.341 e. The molecule has 10 nitrogen and oxygen atoms in total. The van der Waals surface area contributed by atoms with Crippen LogP contribution in [0, 0.1) is 10.1 Å². The average molecular weight is 439 g/mol. The molecule has 32 heavy (non-hydrogen) atoms. The molecule has 170 valence electrons. The van der Waals surface area contributed by atoms with Gasteiger partial charge in [-0.05, 0) is 43.4 Å². The highest BCUT2D eigenvalue weighted by Crippen LogP contribution is 2.22. The normalized spacial score (nSPS) is 17.8. The zero-order valence-corrected chi connectivity index (χ0v) is 18.3. The Hall–Kier alpha value is -3.30. The first-order valence-corrected chi connectivity index (χ1v) is 11.5. The van der Waals surface area contributed by atoms with Gasteiger partial charge in [-0.1, -0.05) is 25.7 Å². The van der Waals surface area contributed by atoms with Gasteiger partial charge < -0.3 is 9.80 Å². The number of hydrogen-bond donors (Lipinski definition) is 1. The molecule has 1 aromatic heterocycles. The van der Waals surface area contributed by atoms with Crippen molar-refractivity contribution in [2.24, 2.45) is 5.10 Å². The molecule has 1 aromatic carbocycles. The molecule has 0 radical (unpaired) electrons. The third kappa shape index (κ3) is 5.89. The Morgan fingerprint density at radius 2 is 1.31 bits per heavy atom. The van der Waals surface area contributed by atoms with Gasteiger partial charge in [0.05, 0.1) is 11.1 Å². The molecule has 0 bridgehead atoms. The van der Waals surface area contributed by atoms with Crippen LogP contribution in [0.1, 0.15) is 56.9 Å². The molecule has 2 aromatic rings. The van der Waals surface area contributed by atoms with Gasteiger partial charge in [-0.25, -0.2) is 5.43 Å². The van der Waals surface area contributed by atoms with E-state index in [-0.39, 0.29) is 5.69 Å². The van der Waals surface area contributed by atoms with E-state index >= 15 is 0 Å². The summed E-state index contributed by atoms with van der Waals surface area (Å²) in [6.07, 6.45) is 11.1. The van der Waals surface area contributed by atoms with Crippen molar-refractivity contribution in [1.29, 1.82) is 0 Å². The van der Waals surface area contributed by atoms with E-state index in [4.69, 9.17) is 4.98 Å². The van der Waals surface area contributed by atoms with Crippen molar-refractivity contribution >= 4 is 29.7 Å². The van der Waals surface area contributed by atoms with Crippen LogP contribution in [-0.4, -0.2) is 52.3 Å². The maximum absolute atomic E-state index is 10.8. The van der Waals surface area contributed by atoms with E-state index in [2.05, 4.69) is 30.3 Å². The SMILES string of the molecule is O=[N+]([O-])c1ccc(/C=N/Nc2nc(N3CCCCCC3)nc(N3CCCCCC3)n2)cc1. The van der Waals surface area contributed by atoms with Crippen molar-refractivity contribution in [2.75, 3.05) is 41.4 Å². The van der Waals surface area contributed by atoms with E-state index < -0.39 is 4.92 Å². The second-order valence-corrected chi connectivity index (χ2v) is 8.28. The molecule has 0 amide bonds. The van der Waals surface area contributed by atoms with Gasteiger partial charge in [0, 0.05) is 38.3 Å². The second-order valence-electron chi connectivity index (χ2n) is 8.28. The predicted octanol–water partition coefficient (Wildman–Crippen LogP) is 3.99. The van der Waals surface area contributed by atoms with Gasteiger partial charge in [0.1, 0.15) is 0 Å². The molecule has 0 unspecified atom stereocenters. The Morgan fingerprint density at radius 1 is 0.812 bits per heavy atom. The number of nitro groups is 1. The lowest BCUT2D eigenvalue weighted by atomic mass is 10.2. The number of nitrogens with zero attached hydrogens (tertiary/aromatic N) is 7. The lowest BCUT2D eigenvalue weighted by Crippen LogP contribution is -2.30. The van der Waals surface area contributed by atoms with Crippen LogP contribution in [0.15, 0.2) is 29.4 Å². The lowest BCUT2D eigenvalue weighted by molar-refractivity contribution is -0.384. The molecule has 0 aliphatic carbocycles. The van der Waals surface area contributed by atoms with Crippen LogP contribution in [-0.2, 0) is 0 Å². The topological polar surface area (TPSA) is 113 Å². The lowest BCUT2D eigenvalue weighted by Gasteiger charge is -2.24. The number of anilines is 3. The smallest absolute Gasteiger partial charge is 0.269 e. The average Bonchev–Trinajstić information content (AvgIpc) is 3.25. The minimum atomic E-state index is -0.418. The van der Waals surface area contributed by atoms with Crippen molar-refractivity contribution < 1.29 is 4.92 Å². The van der Waals surface area contributed by atoms with E-state index in [9.17, 15) is 10.1 Å². The molecule has 10 heteroatoms. The molecule has 0 spiro atoms. The Balaban J connectivity index is 1.54. The van der Waals surface area contributed by atoms with Crippen LogP contribution in [0.4, 0.5) is 23.5 Å². The Bertz CT molecular complexity index is 880. The predicted molar refractivity (Wildman–Crippen MR) is 126 cm³/mol. The van der Waals surface area contributed by atoms with Crippen LogP contribution in [0.2, 0.25) is 0 Å². The summed E-state index contributed by atoms with van der Waals surface area (Å²) < 4.78 is 0. The molecule has 3 heterocycles. The minimum Gasteiger partial charge on any atom is -0.341 e. The maximum Gasteiger partial charge on any atom is 0.269 e. The van der Waals surface area contributed by atoms with Gasteiger partial charge in [-0.2, -0.15) is 20.1 Å². The fraction of sp³-hybridized carbons (Fsp3) is 0.545. The van der Waals surface area contributed by atoms with E-state index in [1.54, 1.807) is 18.3 Å². The van der Waals surface area contributed by atoms with Crippen LogP contribution in [0.5, 0.6) is 0 Å². The Labute approximate surface area is 187 Å². The standard InChI is InChI=1S/C22H30N8O2/c31-30(32)19-11-9-18(10-12-19)17-23-27-20-24-21(28-13-5-1-2-6-14-28)26-22(25-20)29-15-7-3-4-8-16-29/h9-12,17H,1-8,13-16H2,(H,24,25,26,27)/b23-17+. The van der Waals surface area contributed by atoms with Gasteiger partial charge in [0.15, 0.2) is 0 Å². The monoisotopic (exact) mass is 438 g/mol. The Morgan fingerprint density at radius 3 is 1.78 bits per heavy atom. The molecule has 0 atom stereocenters. The highest BCUT2D eigenvalue weighted by atomic mass is 16.6. The summed E-state index contributed by atoms with van der Waals surface area (Å²) in [5, 5.41) is 15.1. The molecule has 2 fully saturated rings. The third-order valence-electron chi connectivity index (χ3n) is 5.87. The maximum atomic E-state index is 10.8. The number of rotatable bonds is 6. The van der Waals surface area contributed by atoms with E-state index in [1.165, 1.54) is 37.8 Å². The van der Waals surface area contributed by atoms with Crippen molar-refractivity contribution in [1.82, 2.24) is 15.0 Å². The van der Waals surface area contributed by atoms with E-state index in [0.717, 1.165) is 57.4 Å². The third-order valence-corrected chi connectivity index (χ3v) is 5.87. The minimum absolute atomic E-state index is 0.0526. The fourth-order valence-electron chi connectivity index (χ4n) is 4.07. The van der Waals surface area contributed by atoms with Gasteiger partial charge in [-0.3, -0.25) is 10.1 Å². The number of hydrazone groups is 1. The molecule has 1 N–H and O–H groups in total. The molecular weight excluding hydrogens is 408 g/mol. The number of nitro benzene ring substituents is 1. The molecule has 2 aliphatic rings. The first-order chi connectivity index (χ1) is 15.7. The Kier molecular flexibility index (Phi) is 7.42. The number of benzene rings is 1. The van der Waals surface area contributed by atoms with Crippen LogP contribution in [0.3, 0.4) is 0 Å². The number of aromatic nitrogens is 3. The summed E-state index contributed by atoms with van der Waals surface area (Å²) in [6.45, 7) is 3.81. The summed E-state index contributed by atoms with van der Waals surface area (Å²) in [5.41, 5.74) is 3.74. The van der Waals surface area contributed by atoms with Crippen LogP contribution < -0.4 is 15.2 Å². The summed E-state index contributed by atoms with van der Waals surface area (Å²) in [6, 6.07) is 6.22. The molecule has 4 rings (SSSR count). The first-order valence-electron chi connectivity index (χ1n) is 11.5. The number of non-ortho nitro benzene ring substituents is 1. The van der Waals surface area contributed by atoms with E-state index in [1.807, 2.05) is 0 Å². The molecule has 2 saturated heterocycles. The first kappa shape index (κ1) is 21.9. The second kappa shape index (κ2) is 10.8. The molecule has 0 saturated carbocycles. The highest BCUT2D eigenvalue weighted by Gasteiger charge is 2.19. The van der Waals surface area contributed by atoms with Gasteiger partial charge in [0.2, 0.25) is 17.8 Å². The van der Waals surface area contributed by atoms with Crippen molar-refractivity contribution in [3.05, 3.63) is 39.9 Å². The van der Waals surface area contributed by atoms with Gasteiger partial charge in [-0.15, -0.1) is 0 Å². The van der Waals surface area contributed by atoms with Gasteiger partial charge in [0.25, 0.3) is 5.69 Å². The zero-order valence-electron chi connectivity index (χ0n) is 18.3. The number of hydrogen-bond acceptors (Lipinski definition) is 9. The van der Waals surface area contributed by atoms with Crippen molar-refractivity contribution in [3.63, 3.8) is 0 Å². The number of nitrogens with one attached hydrogen (secondary N) is 1. The zero-order chi connectivity index (χ0) is 22.2. The van der Waals surface area contributed by atoms with Crippen molar-refractivity contribution in [3.8, 4) is 0 Å². The van der Waals surface area contributed by atoms with Gasteiger partial charge >= 0.3 is 0 Å². The fourth-order valence-corrected chi connectivity index (χ4v) is 4.07. The van der Waals surface area contributed by atoms with Crippen LogP contribution in [0.25, 0.3) is 0 Å². The molecule has 2 aliphatic heterocycles. The highest BCUT2D eigenvalue weighted by molar-refractivity contribution is 5.80. The summed E-state index contributed by atoms with van der Waals surface area (Å²) in [5.74, 6) is 1.82. The van der Waals surface area contributed by atoms with Crippen molar-refractivity contribution in [2.45, 2.75) is 51.4 Å². The molecular formula is C22H30N8O2. The summed E-state index contributed by atoms with van der Waals surface area (Å²) in [4.78, 5) is 29.0. The quantitative estimate of drug-likeness (QED) is 0.409. The van der Waals surface area contributed by atoms with Crippen LogP contribution >= 0.6 is 0 Å².